The Morgan fingerprint density at radius 1 is 1.04 bits per heavy atom. The van der Waals surface area contributed by atoms with Crippen LogP contribution in [0.1, 0.15) is 0 Å². The summed E-state index contributed by atoms with van der Waals surface area (Å²) in [6, 6.07) is 12.9. The van der Waals surface area contributed by atoms with E-state index in [-0.39, 0.29) is 0 Å². The molecule has 0 saturated carbocycles. The van der Waals surface area contributed by atoms with E-state index in [1.54, 1.807) is 29.8 Å². The summed E-state index contributed by atoms with van der Waals surface area (Å²) < 4.78 is 7.09. The Hall–Kier alpha value is -2.15. The van der Waals surface area contributed by atoms with Gasteiger partial charge in [0.25, 0.3) is 0 Å². The first kappa shape index (κ1) is 15.4. The van der Waals surface area contributed by atoms with Gasteiger partial charge in [0.15, 0.2) is 5.82 Å². The summed E-state index contributed by atoms with van der Waals surface area (Å²) in [6.45, 7) is 0. The standard InChI is InChI=1S/C16H10Cl2N4OS/c1-23-13-5-3-2-4-10(13)14-19-20-16-22(14)21-15(24-16)11-8-9(17)6-7-12(11)18/h2-8H,1H3. The van der Waals surface area contributed by atoms with Crippen LogP contribution >= 0.6 is 34.5 Å². The number of aromatic nitrogens is 4. The fourth-order valence-corrected chi connectivity index (χ4v) is 3.69. The number of ether oxygens (including phenoxy) is 1. The van der Waals surface area contributed by atoms with Crippen molar-refractivity contribution in [2.24, 2.45) is 0 Å². The second-order valence-electron chi connectivity index (χ2n) is 4.95. The van der Waals surface area contributed by atoms with Crippen LogP contribution in [0.5, 0.6) is 5.75 Å². The lowest BCUT2D eigenvalue weighted by molar-refractivity contribution is 0.416. The summed E-state index contributed by atoms with van der Waals surface area (Å²) in [5.74, 6) is 1.32. The molecule has 24 heavy (non-hydrogen) atoms. The van der Waals surface area contributed by atoms with Crippen LogP contribution in [-0.4, -0.2) is 26.9 Å². The molecule has 0 radical (unpaired) electrons. The van der Waals surface area contributed by atoms with Gasteiger partial charge in [0, 0.05) is 10.6 Å². The molecule has 0 aliphatic heterocycles. The van der Waals surface area contributed by atoms with Crippen LogP contribution in [0, 0.1) is 0 Å². The zero-order chi connectivity index (χ0) is 16.7. The Bertz CT molecular complexity index is 1040. The van der Waals surface area contributed by atoms with E-state index in [1.165, 1.54) is 11.3 Å². The minimum atomic E-state index is 0.586. The summed E-state index contributed by atoms with van der Waals surface area (Å²) in [7, 11) is 1.62. The van der Waals surface area contributed by atoms with Gasteiger partial charge in [-0.1, -0.05) is 46.7 Å². The van der Waals surface area contributed by atoms with Gasteiger partial charge in [-0.3, -0.25) is 0 Å². The van der Waals surface area contributed by atoms with E-state index in [0.717, 1.165) is 16.1 Å². The largest absolute Gasteiger partial charge is 0.496 e. The number of benzene rings is 2. The molecule has 2 aromatic heterocycles. The van der Waals surface area contributed by atoms with Crippen LogP contribution in [0.15, 0.2) is 42.5 Å². The topological polar surface area (TPSA) is 52.3 Å². The van der Waals surface area contributed by atoms with Crippen molar-refractivity contribution in [2.45, 2.75) is 0 Å². The molecular formula is C16H10Cl2N4OS. The van der Waals surface area contributed by atoms with Crippen LogP contribution in [0.25, 0.3) is 26.9 Å². The van der Waals surface area contributed by atoms with Crippen LogP contribution in [-0.2, 0) is 0 Å². The molecule has 5 nitrogen and oxygen atoms in total. The van der Waals surface area contributed by atoms with Gasteiger partial charge in [0.05, 0.1) is 17.7 Å². The van der Waals surface area contributed by atoms with Gasteiger partial charge >= 0.3 is 0 Å². The SMILES string of the molecule is COc1ccccc1-c1nnc2sc(-c3cc(Cl)ccc3Cl)nn12. The molecule has 0 aliphatic rings. The smallest absolute Gasteiger partial charge is 0.235 e. The molecule has 0 saturated heterocycles. The summed E-state index contributed by atoms with van der Waals surface area (Å²) in [6.07, 6.45) is 0. The molecule has 8 heteroatoms. The lowest BCUT2D eigenvalue weighted by Crippen LogP contribution is -1.94. The van der Waals surface area contributed by atoms with E-state index in [9.17, 15) is 0 Å². The molecule has 4 rings (SSSR count). The second-order valence-corrected chi connectivity index (χ2v) is 6.75. The van der Waals surface area contributed by atoms with Crippen molar-refractivity contribution in [3.8, 4) is 27.7 Å². The van der Waals surface area contributed by atoms with Gasteiger partial charge < -0.3 is 4.74 Å². The molecule has 2 heterocycles. The van der Waals surface area contributed by atoms with Crippen LogP contribution in [0.3, 0.4) is 0 Å². The second kappa shape index (κ2) is 6.05. The predicted octanol–water partition coefficient (Wildman–Crippen LogP) is 4.84. The minimum absolute atomic E-state index is 0.586. The van der Waals surface area contributed by atoms with E-state index in [4.69, 9.17) is 27.9 Å². The molecule has 120 valence electrons. The molecule has 0 fully saturated rings. The number of methoxy groups -OCH3 is 1. The molecule has 4 aromatic rings. The maximum absolute atomic E-state index is 6.27. The summed E-state index contributed by atoms with van der Waals surface area (Å²) in [5.41, 5.74) is 1.59. The number of fused-ring (bicyclic) bond motifs is 1. The monoisotopic (exact) mass is 376 g/mol. The highest BCUT2D eigenvalue weighted by Crippen LogP contribution is 2.35. The third-order valence-corrected chi connectivity index (χ3v) is 4.99. The molecule has 0 bridgehead atoms. The third-order valence-electron chi connectivity index (χ3n) is 3.50. The summed E-state index contributed by atoms with van der Waals surface area (Å²) >= 11 is 13.7. The number of nitrogens with zero attached hydrogens (tertiary/aromatic N) is 4. The minimum Gasteiger partial charge on any atom is -0.496 e. The van der Waals surface area contributed by atoms with Crippen molar-refractivity contribution in [1.29, 1.82) is 0 Å². The van der Waals surface area contributed by atoms with Crippen LogP contribution in [0.2, 0.25) is 10.0 Å². The molecule has 0 amide bonds. The van der Waals surface area contributed by atoms with Crippen molar-refractivity contribution in [3.63, 3.8) is 0 Å². The lowest BCUT2D eigenvalue weighted by atomic mass is 10.2. The predicted molar refractivity (Wildman–Crippen MR) is 96.1 cm³/mol. The van der Waals surface area contributed by atoms with Gasteiger partial charge in [-0.25, -0.2) is 0 Å². The fraction of sp³-hybridized carbons (Fsp3) is 0.0625. The van der Waals surface area contributed by atoms with Crippen molar-refractivity contribution in [3.05, 3.63) is 52.5 Å². The highest BCUT2D eigenvalue weighted by molar-refractivity contribution is 7.19. The average Bonchev–Trinajstić information content (AvgIpc) is 3.17. The van der Waals surface area contributed by atoms with E-state index < -0.39 is 0 Å². The highest BCUT2D eigenvalue weighted by atomic mass is 35.5. The van der Waals surface area contributed by atoms with Gasteiger partial charge in [0.1, 0.15) is 10.8 Å². The quantitative estimate of drug-likeness (QED) is 0.513. The molecular weight excluding hydrogens is 367 g/mol. The number of hydrogen-bond acceptors (Lipinski definition) is 5. The lowest BCUT2D eigenvalue weighted by Gasteiger charge is -2.05. The van der Waals surface area contributed by atoms with E-state index in [0.29, 0.717) is 26.6 Å². The van der Waals surface area contributed by atoms with E-state index in [2.05, 4.69) is 15.3 Å². The number of rotatable bonds is 3. The Kier molecular flexibility index (Phi) is 3.88. The number of halogens is 2. The Labute approximate surface area is 151 Å². The first-order valence-electron chi connectivity index (χ1n) is 6.98. The van der Waals surface area contributed by atoms with Crippen molar-refractivity contribution >= 4 is 39.5 Å². The maximum atomic E-state index is 6.27. The number of para-hydroxylation sites is 1. The Balaban J connectivity index is 1.89. The molecule has 0 unspecified atom stereocenters. The molecule has 0 atom stereocenters. The molecule has 2 aromatic carbocycles. The number of hydrogen-bond donors (Lipinski definition) is 0. The maximum Gasteiger partial charge on any atom is 0.235 e. The Morgan fingerprint density at radius 3 is 2.71 bits per heavy atom. The fourth-order valence-electron chi connectivity index (χ4n) is 2.38. The first-order chi connectivity index (χ1) is 11.7. The average molecular weight is 377 g/mol. The Morgan fingerprint density at radius 2 is 1.88 bits per heavy atom. The van der Waals surface area contributed by atoms with Crippen LogP contribution in [0.4, 0.5) is 0 Å². The van der Waals surface area contributed by atoms with E-state index in [1.807, 2.05) is 24.3 Å². The van der Waals surface area contributed by atoms with Crippen molar-refractivity contribution < 1.29 is 4.74 Å². The molecule has 0 spiro atoms. The first-order valence-corrected chi connectivity index (χ1v) is 8.55. The third kappa shape index (κ3) is 2.53. The van der Waals surface area contributed by atoms with Crippen molar-refractivity contribution in [2.75, 3.05) is 7.11 Å². The van der Waals surface area contributed by atoms with Crippen LogP contribution < -0.4 is 4.74 Å². The normalized spacial score (nSPS) is 11.1. The van der Waals surface area contributed by atoms with Gasteiger partial charge in [-0.2, -0.15) is 9.61 Å². The summed E-state index contributed by atoms with van der Waals surface area (Å²) in [5, 5.41) is 15.0. The molecule has 0 N–H and O–H groups in total. The van der Waals surface area contributed by atoms with E-state index >= 15 is 0 Å². The van der Waals surface area contributed by atoms with Gasteiger partial charge in [0.2, 0.25) is 4.96 Å². The summed E-state index contributed by atoms with van der Waals surface area (Å²) in [4.78, 5) is 0.668. The van der Waals surface area contributed by atoms with Crippen molar-refractivity contribution in [1.82, 2.24) is 19.8 Å². The zero-order valence-electron chi connectivity index (χ0n) is 12.4. The highest BCUT2D eigenvalue weighted by Gasteiger charge is 2.18. The van der Waals surface area contributed by atoms with Gasteiger partial charge in [-0.15, -0.1) is 10.2 Å². The van der Waals surface area contributed by atoms with Gasteiger partial charge in [-0.05, 0) is 30.3 Å². The zero-order valence-corrected chi connectivity index (χ0v) is 14.7. The molecule has 0 aliphatic carbocycles.